The number of likely N-dealkylation sites (tertiary alicyclic amines) is 1. The Morgan fingerprint density at radius 2 is 2.26 bits per heavy atom. The lowest BCUT2D eigenvalue weighted by Crippen LogP contribution is -2.40. The summed E-state index contributed by atoms with van der Waals surface area (Å²) in [7, 11) is 2.02. The van der Waals surface area contributed by atoms with E-state index in [1.165, 1.54) is 25.7 Å². The summed E-state index contributed by atoms with van der Waals surface area (Å²) >= 11 is 0. The van der Waals surface area contributed by atoms with Crippen molar-refractivity contribution in [2.45, 2.75) is 58.0 Å². The highest BCUT2D eigenvalue weighted by Crippen LogP contribution is 2.21. The van der Waals surface area contributed by atoms with Crippen molar-refractivity contribution in [3.8, 4) is 0 Å². The normalized spacial score (nSPS) is 21.2. The Bertz CT molecular complexity index is 377. The van der Waals surface area contributed by atoms with Gasteiger partial charge in [-0.2, -0.15) is 4.98 Å². The van der Waals surface area contributed by atoms with Gasteiger partial charge in [0.05, 0.1) is 6.54 Å². The smallest absolute Gasteiger partial charge is 0.229 e. The first kappa shape index (κ1) is 14.5. The van der Waals surface area contributed by atoms with E-state index in [9.17, 15) is 0 Å². The first-order chi connectivity index (χ1) is 9.20. The van der Waals surface area contributed by atoms with Crippen LogP contribution in [0.4, 0.5) is 0 Å². The van der Waals surface area contributed by atoms with Crippen LogP contribution in [0.25, 0.3) is 0 Å². The Morgan fingerprint density at radius 1 is 1.42 bits per heavy atom. The molecule has 1 aliphatic rings. The topological polar surface area (TPSA) is 54.2 Å². The lowest BCUT2D eigenvalue weighted by atomic mass is 9.99. The lowest BCUT2D eigenvalue weighted by Gasteiger charge is -2.34. The molecule has 1 aromatic rings. The second-order valence-electron chi connectivity index (χ2n) is 5.72. The fourth-order valence-corrected chi connectivity index (χ4v) is 2.65. The van der Waals surface area contributed by atoms with E-state index >= 15 is 0 Å². The quantitative estimate of drug-likeness (QED) is 0.855. The molecule has 2 heterocycles. The molecule has 19 heavy (non-hydrogen) atoms. The fourth-order valence-electron chi connectivity index (χ4n) is 2.65. The standard InChI is InChI=1S/C14H26N4O/c1-11(2)14-16-13(17-19-14)10-18-9-5-4-6-12(18)7-8-15-3/h11-12,15H,4-10H2,1-3H3. The van der Waals surface area contributed by atoms with Crippen molar-refractivity contribution in [1.29, 1.82) is 0 Å². The molecule has 108 valence electrons. The maximum atomic E-state index is 5.28. The first-order valence-electron chi connectivity index (χ1n) is 7.42. The van der Waals surface area contributed by atoms with Gasteiger partial charge in [-0.15, -0.1) is 0 Å². The first-order valence-corrected chi connectivity index (χ1v) is 7.42. The highest BCUT2D eigenvalue weighted by atomic mass is 16.5. The van der Waals surface area contributed by atoms with Crippen molar-refractivity contribution in [3.05, 3.63) is 11.7 Å². The Morgan fingerprint density at radius 3 is 2.95 bits per heavy atom. The number of hydrogen-bond donors (Lipinski definition) is 1. The van der Waals surface area contributed by atoms with Crippen molar-refractivity contribution in [2.75, 3.05) is 20.1 Å². The van der Waals surface area contributed by atoms with Crippen LogP contribution < -0.4 is 5.32 Å². The van der Waals surface area contributed by atoms with Crippen molar-refractivity contribution in [1.82, 2.24) is 20.4 Å². The Balaban J connectivity index is 1.94. The van der Waals surface area contributed by atoms with Crippen molar-refractivity contribution < 1.29 is 4.52 Å². The van der Waals surface area contributed by atoms with Crippen LogP contribution >= 0.6 is 0 Å². The molecule has 0 spiro atoms. The molecular formula is C14H26N4O. The maximum absolute atomic E-state index is 5.28. The number of nitrogens with one attached hydrogen (secondary N) is 1. The summed E-state index contributed by atoms with van der Waals surface area (Å²) in [5, 5.41) is 7.34. The summed E-state index contributed by atoms with van der Waals surface area (Å²) in [6.45, 7) is 7.21. The molecule has 0 bridgehead atoms. The minimum absolute atomic E-state index is 0.308. The van der Waals surface area contributed by atoms with Gasteiger partial charge in [0.15, 0.2) is 5.82 Å². The van der Waals surface area contributed by atoms with E-state index in [0.717, 1.165) is 31.3 Å². The largest absolute Gasteiger partial charge is 0.339 e. The molecule has 1 saturated heterocycles. The van der Waals surface area contributed by atoms with Gasteiger partial charge in [-0.25, -0.2) is 0 Å². The molecule has 1 atom stereocenters. The predicted molar refractivity (Wildman–Crippen MR) is 75.0 cm³/mol. The zero-order valence-corrected chi connectivity index (χ0v) is 12.4. The second-order valence-corrected chi connectivity index (χ2v) is 5.72. The zero-order valence-electron chi connectivity index (χ0n) is 12.4. The van der Waals surface area contributed by atoms with Gasteiger partial charge >= 0.3 is 0 Å². The molecule has 1 N–H and O–H groups in total. The van der Waals surface area contributed by atoms with Crippen LogP contribution in [0.2, 0.25) is 0 Å². The van der Waals surface area contributed by atoms with Gasteiger partial charge < -0.3 is 9.84 Å². The van der Waals surface area contributed by atoms with Gasteiger partial charge in [0.2, 0.25) is 5.89 Å². The molecule has 0 aromatic carbocycles. The number of nitrogens with zero attached hydrogens (tertiary/aromatic N) is 3. The molecule has 0 aliphatic carbocycles. The highest BCUT2D eigenvalue weighted by Gasteiger charge is 2.23. The van der Waals surface area contributed by atoms with E-state index < -0.39 is 0 Å². The van der Waals surface area contributed by atoms with E-state index in [1.54, 1.807) is 0 Å². The van der Waals surface area contributed by atoms with Gasteiger partial charge in [-0.3, -0.25) is 4.90 Å². The summed E-state index contributed by atoms with van der Waals surface area (Å²) in [6, 6.07) is 0.655. The monoisotopic (exact) mass is 266 g/mol. The van der Waals surface area contributed by atoms with E-state index in [1.807, 2.05) is 7.05 Å². The summed E-state index contributed by atoms with van der Waals surface area (Å²) < 4.78 is 5.28. The maximum Gasteiger partial charge on any atom is 0.229 e. The van der Waals surface area contributed by atoms with E-state index in [2.05, 4.69) is 34.2 Å². The molecule has 5 heteroatoms. The van der Waals surface area contributed by atoms with Crippen LogP contribution in [0.5, 0.6) is 0 Å². The molecule has 0 radical (unpaired) electrons. The van der Waals surface area contributed by atoms with Crippen LogP contribution in [0.3, 0.4) is 0 Å². The molecule has 2 rings (SSSR count). The fraction of sp³-hybridized carbons (Fsp3) is 0.857. The molecular weight excluding hydrogens is 240 g/mol. The molecule has 5 nitrogen and oxygen atoms in total. The van der Waals surface area contributed by atoms with Crippen LogP contribution in [-0.2, 0) is 6.54 Å². The Kier molecular flexibility index (Phi) is 5.34. The molecule has 0 amide bonds. The van der Waals surface area contributed by atoms with Crippen molar-refractivity contribution in [3.63, 3.8) is 0 Å². The summed E-state index contributed by atoms with van der Waals surface area (Å²) in [5.74, 6) is 1.89. The second kappa shape index (κ2) is 7.01. The number of piperidine rings is 1. The number of aromatic nitrogens is 2. The van der Waals surface area contributed by atoms with Gasteiger partial charge in [-0.1, -0.05) is 25.4 Å². The van der Waals surface area contributed by atoms with Gasteiger partial charge in [0.25, 0.3) is 0 Å². The lowest BCUT2D eigenvalue weighted by molar-refractivity contribution is 0.128. The van der Waals surface area contributed by atoms with E-state index in [-0.39, 0.29) is 0 Å². The summed E-state index contributed by atoms with van der Waals surface area (Å²) in [4.78, 5) is 6.99. The third-order valence-electron chi connectivity index (χ3n) is 3.80. The van der Waals surface area contributed by atoms with Gasteiger partial charge in [0, 0.05) is 12.0 Å². The molecule has 0 saturated carbocycles. The Hall–Kier alpha value is -0.940. The van der Waals surface area contributed by atoms with Gasteiger partial charge in [-0.05, 0) is 39.4 Å². The molecule has 1 aromatic heterocycles. The van der Waals surface area contributed by atoms with Gasteiger partial charge in [0.1, 0.15) is 0 Å². The summed E-state index contributed by atoms with van der Waals surface area (Å²) in [6.07, 6.45) is 5.11. The van der Waals surface area contributed by atoms with E-state index in [4.69, 9.17) is 4.52 Å². The van der Waals surface area contributed by atoms with Crippen LogP contribution in [0.1, 0.15) is 57.2 Å². The minimum Gasteiger partial charge on any atom is -0.339 e. The molecule has 1 fully saturated rings. The molecule has 1 unspecified atom stereocenters. The number of hydrogen-bond acceptors (Lipinski definition) is 5. The van der Waals surface area contributed by atoms with Crippen LogP contribution in [0, 0.1) is 0 Å². The van der Waals surface area contributed by atoms with Crippen LogP contribution in [-0.4, -0.2) is 41.2 Å². The SMILES string of the molecule is CNCCC1CCCCN1Cc1noc(C(C)C)n1. The predicted octanol–water partition coefficient (Wildman–Crippen LogP) is 2.16. The van der Waals surface area contributed by atoms with Crippen LogP contribution in [0.15, 0.2) is 4.52 Å². The van der Waals surface area contributed by atoms with Crippen molar-refractivity contribution >= 4 is 0 Å². The number of rotatable bonds is 6. The van der Waals surface area contributed by atoms with E-state index in [0.29, 0.717) is 12.0 Å². The zero-order chi connectivity index (χ0) is 13.7. The minimum atomic E-state index is 0.308. The summed E-state index contributed by atoms with van der Waals surface area (Å²) in [5.41, 5.74) is 0. The Labute approximate surface area is 115 Å². The van der Waals surface area contributed by atoms with Crippen molar-refractivity contribution in [2.24, 2.45) is 0 Å². The third-order valence-corrected chi connectivity index (χ3v) is 3.80. The average Bonchev–Trinajstić information content (AvgIpc) is 2.86. The highest BCUT2D eigenvalue weighted by molar-refractivity contribution is 4.92. The molecule has 1 aliphatic heterocycles. The third kappa shape index (κ3) is 4.01. The average molecular weight is 266 g/mol.